The number of oxazole rings is 1. The third kappa shape index (κ3) is 1.96. The van der Waals surface area contributed by atoms with E-state index in [0.29, 0.717) is 12.0 Å². The summed E-state index contributed by atoms with van der Waals surface area (Å²) < 4.78 is 5.16. The van der Waals surface area contributed by atoms with Crippen LogP contribution in [0.1, 0.15) is 18.5 Å². The normalized spacial score (nSPS) is 28.5. The fourth-order valence-electron chi connectivity index (χ4n) is 1.93. The molecule has 0 aliphatic carbocycles. The van der Waals surface area contributed by atoms with E-state index in [1.807, 2.05) is 6.92 Å². The van der Waals surface area contributed by atoms with Crippen molar-refractivity contribution in [3.8, 4) is 0 Å². The second-order valence-electron chi connectivity index (χ2n) is 4.19. The lowest BCUT2D eigenvalue weighted by molar-refractivity contribution is 0.314. The molecule has 4 nitrogen and oxygen atoms in total. The van der Waals surface area contributed by atoms with Crippen LogP contribution in [-0.2, 0) is 6.54 Å². The van der Waals surface area contributed by atoms with Gasteiger partial charge < -0.3 is 10.2 Å². The van der Waals surface area contributed by atoms with Crippen LogP contribution in [0.3, 0.4) is 0 Å². The van der Waals surface area contributed by atoms with Gasteiger partial charge in [0, 0.05) is 32.6 Å². The van der Waals surface area contributed by atoms with Gasteiger partial charge in [0.1, 0.15) is 6.26 Å². The average molecular weight is 195 g/mol. The van der Waals surface area contributed by atoms with Crippen LogP contribution in [0.2, 0.25) is 0 Å². The molecule has 2 N–H and O–H groups in total. The number of aryl methyl sites for hydroxylation is 1. The molecule has 1 fully saturated rings. The number of hydrogen-bond donors (Lipinski definition) is 1. The summed E-state index contributed by atoms with van der Waals surface area (Å²) in [6.07, 6.45) is 1.73. The van der Waals surface area contributed by atoms with E-state index in [1.54, 1.807) is 6.26 Å². The van der Waals surface area contributed by atoms with Crippen LogP contribution in [0.15, 0.2) is 10.7 Å². The number of nitrogens with two attached hydrogens (primary N) is 1. The van der Waals surface area contributed by atoms with Gasteiger partial charge in [0.15, 0.2) is 5.89 Å². The maximum Gasteiger partial charge on any atom is 0.191 e. The first-order valence-electron chi connectivity index (χ1n) is 5.04. The largest absolute Gasteiger partial charge is 0.449 e. The minimum absolute atomic E-state index is 0.308. The number of nitrogens with zero attached hydrogens (tertiary/aromatic N) is 2. The van der Waals surface area contributed by atoms with Gasteiger partial charge >= 0.3 is 0 Å². The summed E-state index contributed by atoms with van der Waals surface area (Å²) in [7, 11) is 0. The zero-order chi connectivity index (χ0) is 10.1. The van der Waals surface area contributed by atoms with Crippen LogP contribution < -0.4 is 5.73 Å². The Hall–Kier alpha value is -0.870. The van der Waals surface area contributed by atoms with Crippen LogP contribution in [0.5, 0.6) is 0 Å². The smallest absolute Gasteiger partial charge is 0.191 e. The lowest BCUT2D eigenvalue weighted by Crippen LogP contribution is -2.28. The third-order valence-electron chi connectivity index (χ3n) is 2.80. The molecular formula is C10H17N3O. The van der Waals surface area contributed by atoms with Crippen molar-refractivity contribution in [1.82, 2.24) is 9.88 Å². The fraction of sp³-hybridized carbons (Fsp3) is 0.700. The fourth-order valence-corrected chi connectivity index (χ4v) is 1.93. The second-order valence-corrected chi connectivity index (χ2v) is 4.19. The Bertz CT molecular complexity index is 300. The number of hydrogen-bond acceptors (Lipinski definition) is 4. The topological polar surface area (TPSA) is 55.3 Å². The molecule has 0 bridgehead atoms. The summed E-state index contributed by atoms with van der Waals surface area (Å²) in [4.78, 5) is 6.60. The Kier molecular flexibility index (Phi) is 2.56. The standard InChI is InChI=1S/C10H17N3O/c1-7-3-13(5-10(7)11)4-9-6-14-8(2)12-9/h6-7,10H,3-5,11H2,1-2H3. The summed E-state index contributed by atoms with van der Waals surface area (Å²) in [5, 5.41) is 0. The highest BCUT2D eigenvalue weighted by Gasteiger charge is 2.26. The molecule has 2 unspecified atom stereocenters. The van der Waals surface area contributed by atoms with Gasteiger partial charge in [-0.2, -0.15) is 0 Å². The van der Waals surface area contributed by atoms with Gasteiger partial charge in [-0.1, -0.05) is 6.92 Å². The molecule has 4 heteroatoms. The highest BCUT2D eigenvalue weighted by molar-refractivity contribution is 4.97. The van der Waals surface area contributed by atoms with Gasteiger partial charge in [-0.25, -0.2) is 4.98 Å². The molecule has 1 saturated heterocycles. The zero-order valence-corrected chi connectivity index (χ0v) is 8.73. The number of likely N-dealkylation sites (tertiary alicyclic amines) is 1. The summed E-state index contributed by atoms with van der Waals surface area (Å²) in [5.74, 6) is 1.32. The van der Waals surface area contributed by atoms with Crippen molar-refractivity contribution in [3.63, 3.8) is 0 Å². The van der Waals surface area contributed by atoms with Gasteiger partial charge in [0.2, 0.25) is 0 Å². The van der Waals surface area contributed by atoms with Crippen molar-refractivity contribution in [2.24, 2.45) is 11.7 Å². The van der Waals surface area contributed by atoms with Crippen LogP contribution in [-0.4, -0.2) is 29.0 Å². The van der Waals surface area contributed by atoms with Crippen LogP contribution >= 0.6 is 0 Å². The van der Waals surface area contributed by atoms with Gasteiger partial charge in [-0.15, -0.1) is 0 Å². The molecule has 1 aliphatic rings. The minimum atomic E-state index is 0.308. The SMILES string of the molecule is Cc1nc(CN2CC(C)C(N)C2)co1. The Labute approximate surface area is 84.1 Å². The van der Waals surface area contributed by atoms with Crippen LogP contribution in [0, 0.1) is 12.8 Å². The molecule has 0 radical (unpaired) electrons. The molecule has 0 saturated carbocycles. The van der Waals surface area contributed by atoms with Crippen molar-refractivity contribution in [1.29, 1.82) is 0 Å². The monoisotopic (exact) mass is 195 g/mol. The van der Waals surface area contributed by atoms with Gasteiger partial charge in [-0.05, 0) is 5.92 Å². The predicted molar refractivity (Wildman–Crippen MR) is 53.7 cm³/mol. The highest BCUT2D eigenvalue weighted by Crippen LogP contribution is 2.16. The molecule has 2 heterocycles. The van der Waals surface area contributed by atoms with E-state index >= 15 is 0 Å². The molecule has 1 aliphatic heterocycles. The molecule has 1 aromatic rings. The molecule has 78 valence electrons. The van der Waals surface area contributed by atoms with Crippen molar-refractivity contribution < 1.29 is 4.42 Å². The first-order chi connectivity index (χ1) is 6.65. The third-order valence-corrected chi connectivity index (χ3v) is 2.80. The van der Waals surface area contributed by atoms with Gasteiger partial charge in [-0.3, -0.25) is 4.90 Å². The van der Waals surface area contributed by atoms with E-state index in [-0.39, 0.29) is 0 Å². The Morgan fingerprint density at radius 3 is 2.93 bits per heavy atom. The Morgan fingerprint density at radius 1 is 1.64 bits per heavy atom. The van der Waals surface area contributed by atoms with E-state index in [9.17, 15) is 0 Å². The van der Waals surface area contributed by atoms with Crippen LogP contribution in [0.25, 0.3) is 0 Å². The summed E-state index contributed by atoms with van der Waals surface area (Å²) in [6.45, 7) is 6.94. The van der Waals surface area contributed by atoms with Crippen LogP contribution in [0.4, 0.5) is 0 Å². The lowest BCUT2D eigenvalue weighted by Gasteiger charge is -2.12. The summed E-state index contributed by atoms with van der Waals surface area (Å²) in [6, 6.07) is 0.308. The van der Waals surface area contributed by atoms with E-state index < -0.39 is 0 Å². The maximum atomic E-state index is 5.94. The molecule has 2 rings (SSSR count). The molecule has 0 aromatic carbocycles. The average Bonchev–Trinajstić information content (AvgIpc) is 2.62. The molecular weight excluding hydrogens is 178 g/mol. The van der Waals surface area contributed by atoms with Gasteiger partial charge in [0.05, 0.1) is 5.69 Å². The first kappa shape index (κ1) is 9.68. The van der Waals surface area contributed by atoms with E-state index in [2.05, 4.69) is 16.8 Å². The van der Waals surface area contributed by atoms with E-state index in [4.69, 9.17) is 10.2 Å². The number of aromatic nitrogens is 1. The Balaban J connectivity index is 1.93. The summed E-state index contributed by atoms with van der Waals surface area (Å²) in [5.41, 5.74) is 6.95. The first-order valence-corrected chi connectivity index (χ1v) is 5.04. The molecule has 14 heavy (non-hydrogen) atoms. The van der Waals surface area contributed by atoms with Crippen molar-refractivity contribution in [3.05, 3.63) is 17.8 Å². The van der Waals surface area contributed by atoms with E-state index in [0.717, 1.165) is 31.2 Å². The molecule has 1 aromatic heterocycles. The molecule has 0 amide bonds. The molecule has 2 atom stereocenters. The van der Waals surface area contributed by atoms with Crippen molar-refractivity contribution in [2.45, 2.75) is 26.4 Å². The summed E-state index contributed by atoms with van der Waals surface area (Å²) >= 11 is 0. The van der Waals surface area contributed by atoms with E-state index in [1.165, 1.54) is 0 Å². The minimum Gasteiger partial charge on any atom is -0.449 e. The van der Waals surface area contributed by atoms with Crippen molar-refractivity contribution >= 4 is 0 Å². The quantitative estimate of drug-likeness (QED) is 0.757. The van der Waals surface area contributed by atoms with Crippen molar-refractivity contribution in [2.75, 3.05) is 13.1 Å². The Morgan fingerprint density at radius 2 is 2.43 bits per heavy atom. The molecule has 0 spiro atoms. The second kappa shape index (κ2) is 3.71. The number of rotatable bonds is 2. The predicted octanol–water partition coefficient (Wildman–Crippen LogP) is 0.762. The van der Waals surface area contributed by atoms with Gasteiger partial charge in [0.25, 0.3) is 0 Å². The maximum absolute atomic E-state index is 5.94. The lowest BCUT2D eigenvalue weighted by atomic mass is 10.1. The zero-order valence-electron chi connectivity index (χ0n) is 8.73. The highest BCUT2D eigenvalue weighted by atomic mass is 16.3.